The van der Waals surface area contributed by atoms with Crippen molar-refractivity contribution >= 4 is 17.9 Å². The molecule has 1 aromatic carbocycles. The number of phenols is 1. The van der Waals surface area contributed by atoms with Crippen molar-refractivity contribution in [2.24, 2.45) is 4.99 Å². The number of phenolic OH excluding ortho intramolecular Hbond substituents is 1. The van der Waals surface area contributed by atoms with Gasteiger partial charge in [-0.3, -0.25) is 10.1 Å². The van der Waals surface area contributed by atoms with Gasteiger partial charge in [-0.25, -0.2) is 0 Å². The molecule has 0 fully saturated rings. The van der Waals surface area contributed by atoms with Gasteiger partial charge in [0.2, 0.25) is 5.72 Å². The van der Waals surface area contributed by atoms with E-state index in [1.54, 1.807) is 18.3 Å². The fourth-order valence-electron chi connectivity index (χ4n) is 2.81. The molecular formula is C21H27N3O4. The van der Waals surface area contributed by atoms with Gasteiger partial charge in [-0.15, -0.1) is 0 Å². The Bertz CT molecular complexity index is 872. The summed E-state index contributed by atoms with van der Waals surface area (Å²) in [5, 5.41) is 31.8. The van der Waals surface area contributed by atoms with E-state index in [1.807, 2.05) is 41.5 Å². The lowest BCUT2D eigenvalue weighted by molar-refractivity contribution is -0.115. The van der Waals surface area contributed by atoms with Gasteiger partial charge in [-0.1, -0.05) is 41.5 Å². The van der Waals surface area contributed by atoms with Crippen molar-refractivity contribution in [1.29, 1.82) is 5.26 Å². The smallest absolute Gasteiger partial charge is 0.315 e. The first kappa shape index (κ1) is 21.5. The zero-order chi connectivity index (χ0) is 21.5. The molecule has 1 unspecified atom stereocenters. The van der Waals surface area contributed by atoms with E-state index in [9.17, 15) is 15.0 Å². The van der Waals surface area contributed by atoms with Crippen molar-refractivity contribution in [2.75, 3.05) is 0 Å². The highest BCUT2D eigenvalue weighted by Gasteiger charge is 2.37. The summed E-state index contributed by atoms with van der Waals surface area (Å²) in [7, 11) is 0. The van der Waals surface area contributed by atoms with Gasteiger partial charge in [-0.2, -0.15) is 10.3 Å². The van der Waals surface area contributed by atoms with Crippen LogP contribution in [0.25, 0.3) is 6.08 Å². The Labute approximate surface area is 165 Å². The Kier molecular flexibility index (Phi) is 5.33. The second-order valence-electron chi connectivity index (χ2n) is 9.11. The lowest BCUT2D eigenvalue weighted by Crippen LogP contribution is -2.47. The molecule has 1 atom stereocenters. The zero-order valence-corrected chi connectivity index (χ0v) is 17.3. The van der Waals surface area contributed by atoms with Crippen LogP contribution in [-0.2, 0) is 20.4 Å². The molecule has 1 aliphatic heterocycles. The van der Waals surface area contributed by atoms with Crippen molar-refractivity contribution < 1.29 is 19.7 Å². The number of aromatic hydroxyl groups is 1. The Morgan fingerprint density at radius 2 is 1.61 bits per heavy atom. The van der Waals surface area contributed by atoms with Crippen LogP contribution in [0.4, 0.5) is 0 Å². The number of rotatable bonds is 3. The van der Waals surface area contributed by atoms with Crippen molar-refractivity contribution in [3.8, 4) is 11.9 Å². The minimum absolute atomic E-state index is 0.0691. The molecule has 1 amide bonds. The molecule has 0 saturated heterocycles. The van der Waals surface area contributed by atoms with Crippen molar-refractivity contribution in [3.05, 3.63) is 34.6 Å². The number of amides is 1. The van der Waals surface area contributed by atoms with Crippen LogP contribution >= 0.6 is 0 Å². The average molecular weight is 385 g/mol. The summed E-state index contributed by atoms with van der Waals surface area (Å²) in [6.45, 7) is 13.2. The number of nitrogens with zero attached hydrogens (tertiary/aromatic N) is 2. The number of aliphatic hydroxyl groups is 1. The molecule has 0 saturated carbocycles. The molecule has 28 heavy (non-hydrogen) atoms. The lowest BCUT2D eigenvalue weighted by atomic mass is 9.78. The van der Waals surface area contributed by atoms with E-state index in [2.05, 4.69) is 10.3 Å². The topological polar surface area (TPSA) is 115 Å². The molecule has 0 aromatic heterocycles. The van der Waals surface area contributed by atoms with Crippen LogP contribution in [0, 0.1) is 11.5 Å². The van der Waals surface area contributed by atoms with E-state index in [0.717, 1.165) is 11.1 Å². The largest absolute Gasteiger partial charge is 0.507 e. The van der Waals surface area contributed by atoms with Gasteiger partial charge in [0.25, 0.3) is 5.90 Å². The van der Waals surface area contributed by atoms with Gasteiger partial charge in [0.15, 0.2) is 12.0 Å². The molecule has 0 spiro atoms. The second kappa shape index (κ2) is 6.95. The fourth-order valence-corrected chi connectivity index (χ4v) is 2.81. The highest BCUT2D eigenvalue weighted by Crippen LogP contribution is 2.40. The summed E-state index contributed by atoms with van der Waals surface area (Å²) >= 11 is 0. The molecule has 1 heterocycles. The molecule has 7 heteroatoms. The van der Waals surface area contributed by atoms with Gasteiger partial charge in [0, 0.05) is 11.1 Å². The second-order valence-corrected chi connectivity index (χ2v) is 9.11. The van der Waals surface area contributed by atoms with E-state index in [1.165, 1.54) is 13.0 Å². The molecule has 0 aliphatic carbocycles. The third kappa shape index (κ3) is 4.34. The highest BCUT2D eigenvalue weighted by atomic mass is 16.5. The first-order chi connectivity index (χ1) is 12.7. The minimum Gasteiger partial charge on any atom is -0.507 e. The molecule has 7 nitrogen and oxygen atoms in total. The summed E-state index contributed by atoms with van der Waals surface area (Å²) in [4.78, 5) is 15.9. The molecule has 1 aromatic rings. The maximum absolute atomic E-state index is 12.2. The summed E-state index contributed by atoms with van der Waals surface area (Å²) < 4.78 is 5.41. The maximum atomic E-state index is 12.2. The van der Waals surface area contributed by atoms with Crippen LogP contribution in [0.1, 0.15) is 65.2 Å². The standard InChI is InChI=1S/C21H27N3O4/c1-19(2,3)13-8-12(9-14(16(13)25)20(4,5)6)10-15-17(26)24-18(28-15)21(7,27)23-11-22/h8-10,23,25,27H,1-7H3. The molecule has 0 bridgehead atoms. The number of ether oxygens (including phenoxy) is 1. The molecular weight excluding hydrogens is 358 g/mol. The van der Waals surface area contributed by atoms with Gasteiger partial charge in [0.1, 0.15) is 5.75 Å². The monoisotopic (exact) mass is 385 g/mol. The first-order valence-electron chi connectivity index (χ1n) is 8.96. The highest BCUT2D eigenvalue weighted by molar-refractivity contribution is 6.11. The molecule has 2 rings (SSSR count). The molecule has 150 valence electrons. The predicted molar refractivity (Wildman–Crippen MR) is 106 cm³/mol. The number of benzene rings is 1. The van der Waals surface area contributed by atoms with Gasteiger partial charge < -0.3 is 14.9 Å². The predicted octanol–water partition coefficient (Wildman–Crippen LogP) is 3.06. The van der Waals surface area contributed by atoms with E-state index in [4.69, 9.17) is 10.00 Å². The van der Waals surface area contributed by atoms with Crippen LogP contribution in [0.3, 0.4) is 0 Å². The SMILES string of the molecule is CC(O)(NC#N)C1=NC(=O)C(=Cc2cc(C(C)(C)C)c(O)c(C(C)(C)C)c2)O1. The first-order valence-corrected chi connectivity index (χ1v) is 8.96. The van der Waals surface area contributed by atoms with E-state index in [-0.39, 0.29) is 28.2 Å². The Morgan fingerprint density at radius 3 is 2.04 bits per heavy atom. The van der Waals surface area contributed by atoms with E-state index in [0.29, 0.717) is 5.56 Å². The average Bonchev–Trinajstić information content (AvgIpc) is 2.88. The minimum atomic E-state index is -1.89. The maximum Gasteiger partial charge on any atom is 0.315 e. The normalized spacial score (nSPS) is 18.3. The van der Waals surface area contributed by atoms with E-state index < -0.39 is 11.6 Å². The molecule has 1 aliphatic rings. The Morgan fingerprint density at radius 1 is 1.11 bits per heavy atom. The third-order valence-corrected chi connectivity index (χ3v) is 4.38. The van der Waals surface area contributed by atoms with Crippen LogP contribution < -0.4 is 5.32 Å². The summed E-state index contributed by atoms with van der Waals surface area (Å²) in [5.74, 6) is -0.784. The zero-order valence-electron chi connectivity index (χ0n) is 17.3. The molecule has 0 radical (unpaired) electrons. The number of hydrogen-bond acceptors (Lipinski definition) is 6. The van der Waals surface area contributed by atoms with Crippen LogP contribution in [0.2, 0.25) is 0 Å². The number of aliphatic imine (C=N–C) groups is 1. The lowest BCUT2D eigenvalue weighted by Gasteiger charge is -2.28. The molecule has 3 N–H and O–H groups in total. The number of carbonyl (C=O) groups is 1. The fraction of sp³-hybridized carbons (Fsp3) is 0.476. The summed E-state index contributed by atoms with van der Waals surface area (Å²) in [6.07, 6.45) is 3.12. The van der Waals surface area contributed by atoms with Crippen LogP contribution in [0.15, 0.2) is 22.9 Å². The van der Waals surface area contributed by atoms with Crippen molar-refractivity contribution in [1.82, 2.24) is 5.32 Å². The number of nitrogens with one attached hydrogen (secondary N) is 1. The van der Waals surface area contributed by atoms with Crippen molar-refractivity contribution in [3.63, 3.8) is 0 Å². The third-order valence-electron chi connectivity index (χ3n) is 4.38. The van der Waals surface area contributed by atoms with Crippen LogP contribution in [-0.4, -0.2) is 27.7 Å². The van der Waals surface area contributed by atoms with Gasteiger partial charge in [0.05, 0.1) is 0 Å². The Hall–Kier alpha value is -2.85. The van der Waals surface area contributed by atoms with E-state index >= 15 is 0 Å². The van der Waals surface area contributed by atoms with Crippen LogP contribution in [0.5, 0.6) is 5.75 Å². The van der Waals surface area contributed by atoms with Gasteiger partial charge >= 0.3 is 5.91 Å². The Balaban J connectivity index is 2.53. The summed E-state index contributed by atoms with van der Waals surface area (Å²) in [5.41, 5.74) is -0.363. The van der Waals surface area contributed by atoms with Crippen molar-refractivity contribution in [2.45, 2.75) is 65.0 Å². The number of hydrogen-bond donors (Lipinski definition) is 3. The number of carbonyl (C=O) groups excluding carboxylic acids is 1. The quantitative estimate of drug-likeness (QED) is 0.319. The number of nitriles is 1. The summed E-state index contributed by atoms with van der Waals surface area (Å²) in [6, 6.07) is 3.61. The van der Waals surface area contributed by atoms with Gasteiger partial charge in [-0.05, 0) is 41.5 Å².